The first-order chi connectivity index (χ1) is 12.8. The molecule has 6 atom stereocenters. The third kappa shape index (κ3) is 4.76. The van der Waals surface area contributed by atoms with Gasteiger partial charge in [-0.2, -0.15) is 0 Å². The number of fused-ring (bicyclic) bond motifs is 2. The number of hydrogen-bond donors (Lipinski definition) is 0. The molecule has 2 bridgehead atoms. The second-order valence-electron chi connectivity index (χ2n) is 7.90. The Morgan fingerprint density at radius 2 is 1.74 bits per heavy atom. The third-order valence-electron chi connectivity index (χ3n) is 6.02. The van der Waals surface area contributed by atoms with E-state index in [2.05, 4.69) is 31.9 Å². The number of rotatable bonds is 6. The zero-order valence-corrected chi connectivity index (χ0v) is 19.1. The van der Waals surface area contributed by atoms with Crippen LogP contribution in [0.25, 0.3) is 0 Å². The fourth-order valence-corrected chi connectivity index (χ4v) is 5.56. The molecule has 27 heavy (non-hydrogen) atoms. The summed E-state index contributed by atoms with van der Waals surface area (Å²) in [7, 11) is 0. The van der Waals surface area contributed by atoms with Crippen LogP contribution in [0.4, 0.5) is 0 Å². The molecule has 0 amide bonds. The van der Waals surface area contributed by atoms with Crippen molar-refractivity contribution >= 4 is 43.8 Å². The summed E-state index contributed by atoms with van der Waals surface area (Å²) in [4.78, 5) is 24.8. The third-order valence-corrected chi connectivity index (χ3v) is 6.94. The van der Waals surface area contributed by atoms with Crippen LogP contribution in [0.2, 0.25) is 0 Å². The van der Waals surface area contributed by atoms with E-state index in [0.29, 0.717) is 0 Å². The van der Waals surface area contributed by atoms with Crippen LogP contribution < -0.4 is 0 Å². The molecule has 6 heteroatoms. The van der Waals surface area contributed by atoms with Crippen molar-refractivity contribution in [3.8, 4) is 0 Å². The van der Waals surface area contributed by atoms with Gasteiger partial charge in [-0.3, -0.25) is 9.59 Å². The average molecular weight is 502 g/mol. The molecule has 4 nitrogen and oxygen atoms in total. The smallest absolute Gasteiger partial charge is 0.309 e. The molecule has 2 saturated carbocycles. The molecule has 148 valence electrons. The molecule has 0 saturated heterocycles. The number of hydrogen-bond acceptors (Lipinski definition) is 4. The van der Waals surface area contributed by atoms with E-state index in [4.69, 9.17) is 9.47 Å². The van der Waals surface area contributed by atoms with E-state index < -0.39 is 0 Å². The summed E-state index contributed by atoms with van der Waals surface area (Å²) < 4.78 is 13.4. The maximum atomic E-state index is 12.7. The molecule has 2 aliphatic rings. The highest BCUT2D eigenvalue weighted by molar-refractivity contribution is 9.11. The van der Waals surface area contributed by atoms with Crippen molar-refractivity contribution in [2.45, 2.75) is 58.7 Å². The monoisotopic (exact) mass is 500 g/mol. The summed E-state index contributed by atoms with van der Waals surface area (Å²) in [5.74, 6) is 0.178. The molecule has 0 aromatic heterocycles. The van der Waals surface area contributed by atoms with Gasteiger partial charge in [-0.05, 0) is 68.2 Å². The number of esters is 2. The number of carbonyl (C=O) groups is 2. The zero-order chi connectivity index (χ0) is 19.7. The van der Waals surface area contributed by atoms with Crippen LogP contribution in [0.3, 0.4) is 0 Å². The Bertz CT molecular complexity index is 700. The molecular formula is C21H26Br2O4. The van der Waals surface area contributed by atoms with Gasteiger partial charge in [0.25, 0.3) is 0 Å². The minimum Gasteiger partial charge on any atom is -0.462 e. The Balaban J connectivity index is 1.55. The Morgan fingerprint density at radius 3 is 2.30 bits per heavy atom. The normalized spacial score (nSPS) is 28.6. The second-order valence-corrected chi connectivity index (χ2v) is 9.73. The van der Waals surface area contributed by atoms with Gasteiger partial charge in [0.1, 0.15) is 12.2 Å². The highest BCUT2D eigenvalue weighted by atomic mass is 79.9. The second kappa shape index (κ2) is 8.64. The largest absolute Gasteiger partial charge is 0.462 e. The highest BCUT2D eigenvalue weighted by Gasteiger charge is 2.51. The lowest BCUT2D eigenvalue weighted by atomic mass is 9.87. The topological polar surface area (TPSA) is 52.6 Å². The lowest BCUT2D eigenvalue weighted by Crippen LogP contribution is -2.32. The van der Waals surface area contributed by atoms with Crippen molar-refractivity contribution in [2.24, 2.45) is 23.7 Å². The average Bonchev–Trinajstić information content (AvgIpc) is 3.20. The fourth-order valence-electron chi connectivity index (χ4n) is 4.23. The lowest BCUT2D eigenvalue weighted by molar-refractivity contribution is -0.160. The van der Waals surface area contributed by atoms with E-state index in [0.717, 1.165) is 40.2 Å². The van der Waals surface area contributed by atoms with Gasteiger partial charge in [0.05, 0.1) is 11.8 Å². The maximum absolute atomic E-state index is 12.7. The van der Waals surface area contributed by atoms with Crippen LogP contribution in [0.5, 0.6) is 0 Å². The summed E-state index contributed by atoms with van der Waals surface area (Å²) >= 11 is 6.94. The summed E-state index contributed by atoms with van der Waals surface area (Å²) in [5, 5.41) is 0. The van der Waals surface area contributed by atoms with Gasteiger partial charge in [-0.1, -0.05) is 45.7 Å². The van der Waals surface area contributed by atoms with E-state index in [1.807, 2.05) is 39.0 Å². The van der Waals surface area contributed by atoms with Gasteiger partial charge in [0.15, 0.2) is 0 Å². The zero-order valence-electron chi connectivity index (χ0n) is 15.9. The van der Waals surface area contributed by atoms with Crippen LogP contribution >= 0.6 is 31.9 Å². The quantitative estimate of drug-likeness (QED) is 0.461. The van der Waals surface area contributed by atoms with Crippen molar-refractivity contribution in [1.82, 2.24) is 0 Å². The number of ether oxygens (including phenoxy) is 2. The first kappa shape index (κ1) is 20.8. The van der Waals surface area contributed by atoms with Gasteiger partial charge in [0, 0.05) is 8.95 Å². The van der Waals surface area contributed by atoms with Crippen LogP contribution in [0.15, 0.2) is 27.1 Å². The number of halogens is 2. The van der Waals surface area contributed by atoms with Gasteiger partial charge < -0.3 is 9.47 Å². The molecule has 2 aliphatic carbocycles. The molecular weight excluding hydrogens is 476 g/mol. The van der Waals surface area contributed by atoms with Gasteiger partial charge in [0.2, 0.25) is 0 Å². The van der Waals surface area contributed by atoms with Crippen LogP contribution in [-0.2, 0) is 19.1 Å². The molecule has 1 aromatic rings. The minimum atomic E-state index is -0.301. The molecule has 0 N–H and O–H groups in total. The molecule has 3 rings (SSSR count). The van der Waals surface area contributed by atoms with Crippen molar-refractivity contribution in [1.29, 1.82) is 0 Å². The Kier molecular flexibility index (Phi) is 6.67. The molecule has 0 aliphatic heterocycles. The summed E-state index contributed by atoms with van der Waals surface area (Å²) in [6.45, 7) is 5.79. The molecule has 0 heterocycles. The van der Waals surface area contributed by atoms with Crippen LogP contribution in [-0.4, -0.2) is 18.0 Å². The van der Waals surface area contributed by atoms with Gasteiger partial charge in [-0.25, -0.2) is 0 Å². The van der Waals surface area contributed by atoms with Gasteiger partial charge in [-0.15, -0.1) is 0 Å². The standard InChI is InChI=1S/C21H26Br2O4/c1-4-11(2)20(24)27-19-9-14-5-15(19)8-18(14)21(25)26-12(3)13-6-16(22)10-17(23)7-13/h6-7,10-12,14-15,18-19H,4-5,8-9H2,1-3H3. The van der Waals surface area contributed by atoms with E-state index >= 15 is 0 Å². The summed E-state index contributed by atoms with van der Waals surface area (Å²) in [5.41, 5.74) is 0.952. The first-order valence-corrected chi connectivity index (χ1v) is 11.2. The first-order valence-electron chi connectivity index (χ1n) is 9.65. The van der Waals surface area contributed by atoms with Crippen molar-refractivity contribution in [2.75, 3.05) is 0 Å². The number of benzene rings is 1. The Hall–Kier alpha value is -0.880. The minimum absolute atomic E-state index is 0.0287. The highest BCUT2D eigenvalue weighted by Crippen LogP contribution is 2.50. The molecule has 1 aromatic carbocycles. The summed E-state index contributed by atoms with van der Waals surface area (Å²) in [6.07, 6.45) is 2.96. The SMILES string of the molecule is CCC(C)C(=O)OC1CC2CC1CC2C(=O)OC(C)c1cc(Br)cc(Br)c1. The van der Waals surface area contributed by atoms with Gasteiger partial charge >= 0.3 is 11.9 Å². The molecule has 2 fully saturated rings. The molecule has 6 unspecified atom stereocenters. The Labute approximate surface area is 177 Å². The van der Waals surface area contributed by atoms with Crippen LogP contribution in [0.1, 0.15) is 58.1 Å². The fraction of sp³-hybridized carbons (Fsp3) is 0.619. The van der Waals surface area contributed by atoms with Crippen molar-refractivity contribution < 1.29 is 19.1 Å². The summed E-state index contributed by atoms with van der Waals surface area (Å²) in [6, 6.07) is 5.89. The predicted molar refractivity (Wildman–Crippen MR) is 110 cm³/mol. The molecule has 0 spiro atoms. The lowest BCUT2D eigenvalue weighted by Gasteiger charge is -2.28. The van der Waals surface area contributed by atoms with E-state index in [1.54, 1.807) is 0 Å². The number of carbonyl (C=O) groups excluding carboxylic acids is 2. The van der Waals surface area contributed by atoms with Crippen molar-refractivity contribution in [3.63, 3.8) is 0 Å². The maximum Gasteiger partial charge on any atom is 0.309 e. The van der Waals surface area contributed by atoms with E-state index in [1.165, 1.54) is 0 Å². The van der Waals surface area contributed by atoms with E-state index in [-0.39, 0.29) is 47.8 Å². The van der Waals surface area contributed by atoms with E-state index in [9.17, 15) is 9.59 Å². The van der Waals surface area contributed by atoms with Crippen molar-refractivity contribution in [3.05, 3.63) is 32.7 Å². The van der Waals surface area contributed by atoms with Crippen LogP contribution in [0, 0.1) is 23.7 Å². The Morgan fingerprint density at radius 1 is 1.07 bits per heavy atom. The molecule has 0 radical (unpaired) electrons. The predicted octanol–water partition coefficient (Wildman–Crippen LogP) is 5.82.